The van der Waals surface area contributed by atoms with E-state index in [-0.39, 0.29) is 18.9 Å². The minimum absolute atomic E-state index is 0.127. The molecular weight excluding hydrogens is 387 g/mol. The van der Waals surface area contributed by atoms with Gasteiger partial charge in [-0.25, -0.2) is 9.78 Å². The average Bonchev–Trinajstić information content (AvgIpc) is 2.61. The summed E-state index contributed by atoms with van der Waals surface area (Å²) >= 11 is 0. The molecule has 0 aliphatic carbocycles. The second kappa shape index (κ2) is 10.2. The number of carbonyl (C=O) groups excluding carboxylic acids is 2. The number of rotatable bonds is 10. The van der Waals surface area contributed by atoms with Crippen molar-refractivity contribution in [3.05, 3.63) is 18.3 Å². The molecule has 0 bridgehead atoms. The SMILES string of the molecule is COCCOCCOc1ccc(NC(=O)C2CN(OC(=O)C(F)(F)F)C2)nc1. The first kappa shape index (κ1) is 21.9. The Kier molecular flexibility index (Phi) is 7.96. The second-order valence-corrected chi connectivity index (χ2v) is 5.74. The topological polar surface area (TPSA) is 99.2 Å². The van der Waals surface area contributed by atoms with Gasteiger partial charge in [0.1, 0.15) is 18.2 Å². The number of aromatic nitrogens is 1. The zero-order chi connectivity index (χ0) is 20.6. The van der Waals surface area contributed by atoms with Gasteiger partial charge in [-0.2, -0.15) is 13.2 Å². The fourth-order valence-corrected chi connectivity index (χ4v) is 2.08. The molecule has 1 fully saturated rings. The van der Waals surface area contributed by atoms with Gasteiger partial charge in [0, 0.05) is 20.2 Å². The molecular formula is C16H20F3N3O6. The lowest BCUT2D eigenvalue weighted by Crippen LogP contribution is -2.53. The first-order chi connectivity index (χ1) is 13.3. The zero-order valence-corrected chi connectivity index (χ0v) is 15.0. The minimum Gasteiger partial charge on any atom is -0.490 e. The van der Waals surface area contributed by atoms with Crippen LogP contribution in [0.15, 0.2) is 18.3 Å². The maximum atomic E-state index is 12.1. The molecule has 1 aromatic rings. The molecule has 0 unspecified atom stereocenters. The van der Waals surface area contributed by atoms with E-state index in [0.717, 1.165) is 5.06 Å². The van der Waals surface area contributed by atoms with Crippen LogP contribution in [0.2, 0.25) is 0 Å². The van der Waals surface area contributed by atoms with E-state index in [1.54, 1.807) is 13.2 Å². The van der Waals surface area contributed by atoms with Crippen LogP contribution in [0.1, 0.15) is 0 Å². The van der Waals surface area contributed by atoms with Crippen molar-refractivity contribution in [2.45, 2.75) is 6.18 Å². The molecule has 2 rings (SSSR count). The van der Waals surface area contributed by atoms with Crippen LogP contribution < -0.4 is 10.1 Å². The molecule has 1 aliphatic rings. The molecule has 28 heavy (non-hydrogen) atoms. The second-order valence-electron chi connectivity index (χ2n) is 5.74. The molecule has 1 amide bonds. The summed E-state index contributed by atoms with van der Waals surface area (Å²) in [5.41, 5.74) is 0. The molecule has 2 heterocycles. The van der Waals surface area contributed by atoms with Crippen molar-refractivity contribution in [1.82, 2.24) is 10.0 Å². The predicted molar refractivity (Wildman–Crippen MR) is 88.3 cm³/mol. The van der Waals surface area contributed by atoms with Crippen LogP contribution >= 0.6 is 0 Å². The van der Waals surface area contributed by atoms with Gasteiger partial charge in [0.15, 0.2) is 0 Å². The third-order valence-corrected chi connectivity index (χ3v) is 3.58. The van der Waals surface area contributed by atoms with E-state index in [9.17, 15) is 22.8 Å². The van der Waals surface area contributed by atoms with Gasteiger partial charge in [-0.05, 0) is 12.1 Å². The maximum absolute atomic E-state index is 12.1. The number of ether oxygens (including phenoxy) is 3. The first-order valence-electron chi connectivity index (χ1n) is 8.30. The predicted octanol–water partition coefficient (Wildman–Crippen LogP) is 1.01. The largest absolute Gasteiger partial charge is 0.492 e. The molecule has 1 N–H and O–H groups in total. The van der Waals surface area contributed by atoms with E-state index in [1.807, 2.05) is 0 Å². The standard InChI is InChI=1S/C16H20F3N3O6/c1-25-4-5-26-6-7-27-12-2-3-13(20-8-12)21-14(23)11-9-22(10-11)28-15(24)16(17,18)19/h2-3,8,11H,4-7,9-10H2,1H3,(H,20,21,23). The molecule has 0 atom stereocenters. The number of nitrogens with one attached hydrogen (secondary N) is 1. The number of amides is 1. The van der Waals surface area contributed by atoms with Crippen LogP contribution in [-0.4, -0.2) is 74.7 Å². The number of hydroxylamine groups is 2. The number of hydrogen-bond donors (Lipinski definition) is 1. The highest BCUT2D eigenvalue weighted by molar-refractivity contribution is 5.92. The molecule has 9 nitrogen and oxygen atoms in total. The van der Waals surface area contributed by atoms with Crippen molar-refractivity contribution in [2.24, 2.45) is 5.92 Å². The molecule has 0 spiro atoms. The van der Waals surface area contributed by atoms with Crippen molar-refractivity contribution >= 4 is 17.7 Å². The fraction of sp³-hybridized carbons (Fsp3) is 0.562. The van der Waals surface area contributed by atoms with Gasteiger partial charge >= 0.3 is 12.1 Å². The maximum Gasteiger partial charge on any atom is 0.492 e. The number of pyridine rings is 1. The van der Waals surface area contributed by atoms with Gasteiger partial charge in [0.05, 0.1) is 31.9 Å². The van der Waals surface area contributed by atoms with Gasteiger partial charge in [0.2, 0.25) is 5.91 Å². The lowest BCUT2D eigenvalue weighted by atomic mass is 10.0. The van der Waals surface area contributed by atoms with E-state index >= 15 is 0 Å². The molecule has 1 aliphatic heterocycles. The van der Waals surface area contributed by atoms with Gasteiger partial charge in [-0.1, -0.05) is 0 Å². The highest BCUT2D eigenvalue weighted by Gasteiger charge is 2.45. The van der Waals surface area contributed by atoms with E-state index < -0.39 is 24.0 Å². The molecule has 156 valence electrons. The number of anilines is 1. The van der Waals surface area contributed by atoms with Crippen molar-refractivity contribution in [2.75, 3.05) is 51.9 Å². The summed E-state index contributed by atoms with van der Waals surface area (Å²) in [5.74, 6) is -2.61. The Morgan fingerprint density at radius 1 is 1.21 bits per heavy atom. The summed E-state index contributed by atoms with van der Waals surface area (Å²) in [6, 6.07) is 3.13. The Morgan fingerprint density at radius 2 is 1.93 bits per heavy atom. The van der Waals surface area contributed by atoms with Gasteiger partial charge in [0.25, 0.3) is 0 Å². The van der Waals surface area contributed by atoms with Gasteiger partial charge in [-0.3, -0.25) is 4.79 Å². The van der Waals surface area contributed by atoms with E-state index in [2.05, 4.69) is 15.1 Å². The Balaban J connectivity index is 1.66. The first-order valence-corrected chi connectivity index (χ1v) is 8.30. The number of hydrogen-bond acceptors (Lipinski definition) is 8. The van der Waals surface area contributed by atoms with E-state index in [1.165, 1.54) is 12.3 Å². The molecule has 1 saturated heterocycles. The average molecular weight is 407 g/mol. The Bertz CT molecular complexity index is 650. The molecule has 1 aromatic heterocycles. The monoisotopic (exact) mass is 407 g/mol. The Labute approximate surface area is 158 Å². The van der Waals surface area contributed by atoms with Crippen LogP contribution in [0.5, 0.6) is 5.75 Å². The summed E-state index contributed by atoms with van der Waals surface area (Å²) in [6.45, 7) is 1.43. The van der Waals surface area contributed by atoms with E-state index in [0.29, 0.717) is 32.2 Å². The van der Waals surface area contributed by atoms with Crippen molar-refractivity contribution in [3.63, 3.8) is 0 Å². The lowest BCUT2D eigenvalue weighted by molar-refractivity contribution is -0.256. The normalized spacial score (nSPS) is 15.0. The molecule has 0 radical (unpaired) electrons. The summed E-state index contributed by atoms with van der Waals surface area (Å²) < 4.78 is 51.7. The lowest BCUT2D eigenvalue weighted by Gasteiger charge is -2.35. The number of alkyl halides is 3. The van der Waals surface area contributed by atoms with Crippen LogP contribution in [0.3, 0.4) is 0 Å². The number of nitrogens with zero attached hydrogens (tertiary/aromatic N) is 2. The van der Waals surface area contributed by atoms with Crippen LogP contribution in [0.4, 0.5) is 19.0 Å². The quantitative estimate of drug-likeness (QED) is 0.574. The number of methoxy groups -OCH3 is 1. The highest BCUT2D eigenvalue weighted by atomic mass is 19.4. The van der Waals surface area contributed by atoms with Gasteiger partial charge in [-0.15, -0.1) is 5.06 Å². The Morgan fingerprint density at radius 3 is 2.54 bits per heavy atom. The number of carbonyl (C=O) groups is 2. The third kappa shape index (κ3) is 6.94. The van der Waals surface area contributed by atoms with Crippen LogP contribution in [0.25, 0.3) is 0 Å². The highest BCUT2D eigenvalue weighted by Crippen LogP contribution is 2.23. The summed E-state index contributed by atoms with van der Waals surface area (Å²) in [6.07, 6.45) is -3.65. The molecule has 12 heteroatoms. The van der Waals surface area contributed by atoms with Crippen molar-refractivity contribution in [1.29, 1.82) is 0 Å². The van der Waals surface area contributed by atoms with Crippen molar-refractivity contribution in [3.8, 4) is 5.75 Å². The van der Waals surface area contributed by atoms with E-state index in [4.69, 9.17) is 14.2 Å². The minimum atomic E-state index is -5.07. The summed E-state index contributed by atoms with van der Waals surface area (Å²) in [5, 5.41) is 3.31. The molecule has 0 saturated carbocycles. The third-order valence-electron chi connectivity index (χ3n) is 3.58. The summed E-state index contributed by atoms with van der Waals surface area (Å²) in [4.78, 5) is 30.8. The molecule has 0 aromatic carbocycles. The smallest absolute Gasteiger partial charge is 0.490 e. The van der Waals surface area contributed by atoms with Crippen molar-refractivity contribution < 1.29 is 41.8 Å². The fourth-order valence-electron chi connectivity index (χ4n) is 2.08. The van der Waals surface area contributed by atoms with Crippen LogP contribution in [0, 0.1) is 5.92 Å². The number of halogens is 3. The van der Waals surface area contributed by atoms with Crippen LogP contribution in [-0.2, 0) is 23.9 Å². The Hall–Kier alpha value is -2.44. The summed E-state index contributed by atoms with van der Waals surface area (Å²) in [7, 11) is 1.58. The van der Waals surface area contributed by atoms with Gasteiger partial charge < -0.3 is 24.4 Å². The zero-order valence-electron chi connectivity index (χ0n) is 15.0.